The molecule has 1 aliphatic heterocycles. The fourth-order valence-corrected chi connectivity index (χ4v) is 5.90. The van der Waals surface area contributed by atoms with Gasteiger partial charge in [0.15, 0.2) is 0 Å². The Morgan fingerprint density at radius 2 is 1.83 bits per heavy atom. The van der Waals surface area contributed by atoms with E-state index in [1.165, 1.54) is 12.1 Å². The van der Waals surface area contributed by atoms with E-state index in [-0.39, 0.29) is 36.1 Å². The molecule has 2 heterocycles. The SMILES string of the molecule is O=C(O)c1ccc(N2C(=O)[C@@H]3C[C@H]2C[C@@H]3OCc2c(-c3c(Cl)cccc3Cl)noc2C2CC2)cc1. The molecule has 6 rings (SSSR count). The van der Waals surface area contributed by atoms with E-state index in [0.29, 0.717) is 40.1 Å². The van der Waals surface area contributed by atoms with E-state index in [2.05, 4.69) is 5.16 Å². The van der Waals surface area contributed by atoms with Crippen LogP contribution in [0, 0.1) is 5.92 Å². The van der Waals surface area contributed by atoms with Gasteiger partial charge < -0.3 is 19.3 Å². The van der Waals surface area contributed by atoms with Crippen LogP contribution in [0.3, 0.4) is 0 Å². The number of fused-ring (bicyclic) bond motifs is 2. The number of hydrogen-bond donors (Lipinski definition) is 1. The highest BCUT2D eigenvalue weighted by molar-refractivity contribution is 6.39. The second-order valence-electron chi connectivity index (χ2n) is 9.39. The number of aromatic carboxylic acids is 1. The number of benzene rings is 2. The maximum absolute atomic E-state index is 13.2. The molecule has 2 bridgehead atoms. The first-order valence-corrected chi connectivity index (χ1v) is 12.4. The molecule has 1 amide bonds. The topological polar surface area (TPSA) is 92.9 Å². The molecule has 3 aliphatic rings. The van der Waals surface area contributed by atoms with Crippen molar-refractivity contribution in [3.8, 4) is 11.3 Å². The van der Waals surface area contributed by atoms with Crippen molar-refractivity contribution in [3.05, 3.63) is 69.4 Å². The van der Waals surface area contributed by atoms with Crippen molar-refractivity contribution in [2.24, 2.45) is 5.92 Å². The van der Waals surface area contributed by atoms with Gasteiger partial charge >= 0.3 is 5.97 Å². The number of amides is 1. The fraction of sp³-hybridized carbons (Fsp3) is 0.346. The Bertz CT molecular complexity index is 1300. The van der Waals surface area contributed by atoms with Gasteiger partial charge in [-0.25, -0.2) is 4.79 Å². The highest BCUT2D eigenvalue weighted by Gasteiger charge is 2.52. The van der Waals surface area contributed by atoms with Crippen LogP contribution < -0.4 is 4.90 Å². The molecule has 35 heavy (non-hydrogen) atoms. The Morgan fingerprint density at radius 1 is 1.11 bits per heavy atom. The maximum Gasteiger partial charge on any atom is 0.335 e. The summed E-state index contributed by atoms with van der Waals surface area (Å²) in [7, 11) is 0. The van der Waals surface area contributed by atoms with Gasteiger partial charge in [0.2, 0.25) is 5.91 Å². The first kappa shape index (κ1) is 22.6. The summed E-state index contributed by atoms with van der Waals surface area (Å²) in [5.74, 6) is -0.0872. The van der Waals surface area contributed by atoms with Crippen LogP contribution in [-0.4, -0.2) is 34.3 Å². The zero-order valence-corrected chi connectivity index (χ0v) is 20.1. The van der Waals surface area contributed by atoms with Crippen molar-refractivity contribution < 1.29 is 24.0 Å². The first-order valence-electron chi connectivity index (χ1n) is 11.6. The molecule has 0 spiro atoms. The third-order valence-corrected chi connectivity index (χ3v) is 7.83. The van der Waals surface area contributed by atoms with Crippen LogP contribution in [0.5, 0.6) is 0 Å². The molecule has 7 nitrogen and oxygen atoms in total. The number of anilines is 1. The minimum atomic E-state index is -0.990. The van der Waals surface area contributed by atoms with Gasteiger partial charge in [0, 0.05) is 28.8 Å². The third-order valence-electron chi connectivity index (χ3n) is 7.20. The molecule has 1 N–H and O–H groups in total. The summed E-state index contributed by atoms with van der Waals surface area (Å²) in [6, 6.07) is 11.8. The number of carboxylic acid groups (broad SMARTS) is 1. The average Bonchev–Trinajstić information content (AvgIpc) is 3.34. The lowest BCUT2D eigenvalue weighted by Gasteiger charge is -2.31. The maximum atomic E-state index is 13.2. The summed E-state index contributed by atoms with van der Waals surface area (Å²) < 4.78 is 12.1. The van der Waals surface area contributed by atoms with Crippen LogP contribution in [0.15, 0.2) is 47.0 Å². The Morgan fingerprint density at radius 3 is 2.46 bits per heavy atom. The summed E-state index contributed by atoms with van der Waals surface area (Å²) in [5, 5.41) is 14.4. The second kappa shape index (κ2) is 8.66. The Labute approximate surface area is 211 Å². The van der Waals surface area contributed by atoms with E-state index in [4.69, 9.17) is 37.6 Å². The summed E-state index contributed by atoms with van der Waals surface area (Å²) in [6.07, 6.45) is 3.30. The average molecular weight is 513 g/mol. The van der Waals surface area contributed by atoms with E-state index in [1.54, 1.807) is 35.2 Å². The summed E-state index contributed by atoms with van der Waals surface area (Å²) in [4.78, 5) is 26.1. The predicted molar refractivity (Wildman–Crippen MR) is 130 cm³/mol. The van der Waals surface area contributed by atoms with Crippen molar-refractivity contribution in [1.29, 1.82) is 0 Å². The van der Waals surface area contributed by atoms with Gasteiger partial charge in [-0.05, 0) is 62.1 Å². The molecule has 3 atom stereocenters. The van der Waals surface area contributed by atoms with Crippen molar-refractivity contribution in [3.63, 3.8) is 0 Å². The lowest BCUT2D eigenvalue weighted by Crippen LogP contribution is -2.43. The lowest BCUT2D eigenvalue weighted by atomic mass is 10.0. The molecule has 2 aliphatic carbocycles. The number of carbonyl (C=O) groups excluding carboxylic acids is 1. The number of carbonyl (C=O) groups is 2. The number of piperidine rings is 1. The summed E-state index contributed by atoms with van der Waals surface area (Å²) >= 11 is 12.9. The van der Waals surface area contributed by atoms with E-state index < -0.39 is 5.97 Å². The Balaban J connectivity index is 1.21. The number of aromatic nitrogens is 1. The zero-order valence-electron chi connectivity index (χ0n) is 18.6. The van der Waals surface area contributed by atoms with E-state index in [0.717, 1.165) is 29.9 Å². The van der Waals surface area contributed by atoms with Crippen LogP contribution in [0.1, 0.15) is 53.3 Å². The standard InChI is InChI=1S/C26H22Cl2N2O5/c27-19-2-1-3-20(28)22(19)23-18(24(35-29-23)13-4-5-13)12-34-21-11-16-10-17(21)25(31)30(16)15-8-6-14(7-9-15)26(32)33/h1-3,6-9,13,16-17,21H,4-5,10-12H2,(H,32,33)/t16-,17+,21-/m0/s1. The van der Waals surface area contributed by atoms with Gasteiger partial charge in [0.05, 0.1) is 34.2 Å². The highest BCUT2D eigenvalue weighted by atomic mass is 35.5. The normalized spacial score (nSPS) is 23.3. The molecule has 1 saturated heterocycles. The minimum absolute atomic E-state index is 0.0106. The van der Waals surface area contributed by atoms with E-state index in [1.807, 2.05) is 0 Å². The number of hydrogen-bond acceptors (Lipinski definition) is 5. The van der Waals surface area contributed by atoms with Crippen LogP contribution in [0.4, 0.5) is 5.69 Å². The predicted octanol–water partition coefficient (Wildman–Crippen LogP) is 5.93. The smallest absolute Gasteiger partial charge is 0.335 e. The first-order chi connectivity index (χ1) is 16.9. The van der Waals surface area contributed by atoms with Gasteiger partial charge in [-0.3, -0.25) is 4.79 Å². The van der Waals surface area contributed by atoms with Crippen molar-refractivity contribution >= 4 is 40.8 Å². The molecule has 1 aromatic heterocycles. The summed E-state index contributed by atoms with van der Waals surface area (Å²) in [6.45, 7) is 0.265. The van der Waals surface area contributed by atoms with Crippen LogP contribution in [0.2, 0.25) is 10.0 Å². The number of rotatable bonds is 7. The lowest BCUT2D eigenvalue weighted by molar-refractivity contribution is -0.126. The number of nitrogens with zero attached hydrogens (tertiary/aromatic N) is 2. The fourth-order valence-electron chi connectivity index (χ4n) is 5.33. The van der Waals surface area contributed by atoms with Crippen molar-refractivity contribution in [2.45, 2.75) is 50.4 Å². The molecular formula is C26H22Cl2N2O5. The molecule has 3 aromatic rings. The van der Waals surface area contributed by atoms with Crippen molar-refractivity contribution in [2.75, 3.05) is 4.90 Å². The third kappa shape index (κ3) is 3.92. The molecule has 2 aromatic carbocycles. The van der Waals surface area contributed by atoms with Gasteiger partial charge in [-0.1, -0.05) is 34.4 Å². The quantitative estimate of drug-likeness (QED) is 0.421. The van der Waals surface area contributed by atoms with E-state index >= 15 is 0 Å². The number of ether oxygens (including phenoxy) is 1. The van der Waals surface area contributed by atoms with Crippen molar-refractivity contribution in [1.82, 2.24) is 5.16 Å². The monoisotopic (exact) mass is 512 g/mol. The highest BCUT2D eigenvalue weighted by Crippen LogP contribution is 2.47. The molecule has 3 fully saturated rings. The Hall–Kier alpha value is -2.87. The van der Waals surface area contributed by atoms with E-state index in [9.17, 15) is 9.59 Å². The number of halogens is 2. The molecule has 180 valence electrons. The van der Waals surface area contributed by atoms with Gasteiger partial charge in [-0.2, -0.15) is 0 Å². The van der Waals surface area contributed by atoms with Gasteiger partial charge in [-0.15, -0.1) is 0 Å². The Kier molecular flexibility index (Phi) is 5.59. The molecule has 0 unspecified atom stereocenters. The largest absolute Gasteiger partial charge is 0.478 e. The minimum Gasteiger partial charge on any atom is -0.478 e. The molecule has 0 radical (unpaired) electrons. The zero-order chi connectivity index (χ0) is 24.3. The number of carboxylic acids is 1. The van der Waals surface area contributed by atoms with Crippen LogP contribution in [-0.2, 0) is 16.1 Å². The van der Waals surface area contributed by atoms with Gasteiger partial charge in [0.25, 0.3) is 0 Å². The van der Waals surface area contributed by atoms with Crippen LogP contribution in [0.25, 0.3) is 11.3 Å². The molecule has 9 heteroatoms. The molecule has 2 saturated carbocycles. The van der Waals surface area contributed by atoms with Crippen LogP contribution >= 0.6 is 23.2 Å². The second-order valence-corrected chi connectivity index (χ2v) is 10.2. The summed E-state index contributed by atoms with van der Waals surface area (Å²) in [5.41, 5.74) is 2.99. The molecular weight excluding hydrogens is 491 g/mol. The van der Waals surface area contributed by atoms with Gasteiger partial charge in [0.1, 0.15) is 11.5 Å².